The second-order valence-electron chi connectivity index (χ2n) is 4.36. The Labute approximate surface area is 118 Å². The summed E-state index contributed by atoms with van der Waals surface area (Å²) in [5, 5.41) is 9.18. The van der Waals surface area contributed by atoms with Gasteiger partial charge in [0.25, 0.3) is 0 Å². The molecular formula is C16H16N2O2. The third-order valence-corrected chi connectivity index (χ3v) is 3.08. The van der Waals surface area contributed by atoms with E-state index < -0.39 is 0 Å². The lowest BCUT2D eigenvalue weighted by Gasteiger charge is -2.12. The minimum Gasteiger partial charge on any atom is -0.493 e. The van der Waals surface area contributed by atoms with Crippen LogP contribution in [0.1, 0.15) is 23.6 Å². The van der Waals surface area contributed by atoms with Gasteiger partial charge in [0.1, 0.15) is 11.6 Å². The highest BCUT2D eigenvalue weighted by Crippen LogP contribution is 2.33. The first kappa shape index (κ1) is 13.9. The maximum atomic E-state index is 9.18. The molecule has 0 spiro atoms. The van der Waals surface area contributed by atoms with Gasteiger partial charge in [0.05, 0.1) is 7.11 Å². The molecule has 0 radical (unpaired) electrons. The molecule has 20 heavy (non-hydrogen) atoms. The number of nitriles is 1. The Balaban J connectivity index is 2.40. The van der Waals surface area contributed by atoms with Crippen LogP contribution in [0.3, 0.4) is 0 Å². The Hall–Kier alpha value is -2.54. The van der Waals surface area contributed by atoms with E-state index in [1.807, 2.05) is 25.1 Å². The SMILES string of the molecule is CCc1ccc(Oc2nccc(C)c2C#N)c(OC)c1. The number of pyridine rings is 1. The molecule has 0 aliphatic carbocycles. The first-order valence-corrected chi connectivity index (χ1v) is 6.40. The molecular weight excluding hydrogens is 252 g/mol. The van der Waals surface area contributed by atoms with Crippen molar-refractivity contribution in [3.63, 3.8) is 0 Å². The molecule has 0 saturated heterocycles. The van der Waals surface area contributed by atoms with Crippen molar-refractivity contribution in [1.82, 2.24) is 4.98 Å². The molecule has 102 valence electrons. The quantitative estimate of drug-likeness (QED) is 0.849. The molecule has 0 aliphatic rings. The molecule has 1 aromatic heterocycles. The van der Waals surface area contributed by atoms with Crippen molar-refractivity contribution < 1.29 is 9.47 Å². The molecule has 0 atom stereocenters. The summed E-state index contributed by atoms with van der Waals surface area (Å²) in [6, 6.07) is 9.63. The minimum absolute atomic E-state index is 0.301. The fraction of sp³-hybridized carbons (Fsp3) is 0.250. The summed E-state index contributed by atoms with van der Waals surface area (Å²) in [6.07, 6.45) is 2.54. The molecule has 4 heteroatoms. The van der Waals surface area contributed by atoms with Gasteiger partial charge in [-0.1, -0.05) is 13.0 Å². The molecule has 4 nitrogen and oxygen atoms in total. The van der Waals surface area contributed by atoms with E-state index in [1.54, 1.807) is 19.4 Å². The molecule has 0 bridgehead atoms. The smallest absolute Gasteiger partial charge is 0.237 e. The van der Waals surface area contributed by atoms with E-state index in [9.17, 15) is 5.26 Å². The molecule has 0 fully saturated rings. The Morgan fingerprint density at radius 2 is 2.05 bits per heavy atom. The molecule has 1 heterocycles. The monoisotopic (exact) mass is 268 g/mol. The third-order valence-electron chi connectivity index (χ3n) is 3.08. The van der Waals surface area contributed by atoms with E-state index in [-0.39, 0.29) is 0 Å². The van der Waals surface area contributed by atoms with Crippen molar-refractivity contribution in [3.8, 4) is 23.4 Å². The van der Waals surface area contributed by atoms with Crippen LogP contribution in [0.4, 0.5) is 0 Å². The van der Waals surface area contributed by atoms with E-state index in [1.165, 1.54) is 0 Å². The maximum Gasteiger partial charge on any atom is 0.237 e. The summed E-state index contributed by atoms with van der Waals surface area (Å²) in [6.45, 7) is 3.93. The van der Waals surface area contributed by atoms with Crippen LogP contribution in [0, 0.1) is 18.3 Å². The van der Waals surface area contributed by atoms with Crippen molar-refractivity contribution in [2.45, 2.75) is 20.3 Å². The number of hydrogen-bond acceptors (Lipinski definition) is 4. The van der Waals surface area contributed by atoms with E-state index in [4.69, 9.17) is 9.47 Å². The Morgan fingerprint density at radius 1 is 1.25 bits per heavy atom. The summed E-state index contributed by atoms with van der Waals surface area (Å²) in [7, 11) is 1.59. The van der Waals surface area contributed by atoms with Crippen molar-refractivity contribution in [2.24, 2.45) is 0 Å². The zero-order valence-corrected chi connectivity index (χ0v) is 11.8. The van der Waals surface area contributed by atoms with E-state index in [2.05, 4.69) is 18.0 Å². The standard InChI is InChI=1S/C16H16N2O2/c1-4-12-5-6-14(15(9-12)19-3)20-16-13(10-17)11(2)7-8-18-16/h5-9H,4H2,1-3H3. The third kappa shape index (κ3) is 2.72. The van der Waals surface area contributed by atoms with Crippen LogP contribution >= 0.6 is 0 Å². The van der Waals surface area contributed by atoms with Crippen LogP contribution in [0.5, 0.6) is 17.4 Å². The summed E-state index contributed by atoms with van der Waals surface area (Å²) < 4.78 is 11.1. The van der Waals surface area contributed by atoms with E-state index in [0.29, 0.717) is 22.9 Å². The summed E-state index contributed by atoms with van der Waals surface area (Å²) in [5.74, 6) is 1.49. The number of ether oxygens (including phenoxy) is 2. The predicted molar refractivity (Wildman–Crippen MR) is 76.1 cm³/mol. The Morgan fingerprint density at radius 3 is 2.70 bits per heavy atom. The fourth-order valence-corrected chi connectivity index (χ4v) is 1.87. The number of nitrogens with zero attached hydrogens (tertiary/aromatic N) is 2. The second-order valence-corrected chi connectivity index (χ2v) is 4.36. The van der Waals surface area contributed by atoms with Crippen LogP contribution < -0.4 is 9.47 Å². The average Bonchev–Trinajstić information content (AvgIpc) is 2.48. The van der Waals surface area contributed by atoms with Gasteiger partial charge in [0.2, 0.25) is 5.88 Å². The van der Waals surface area contributed by atoms with Crippen LogP contribution in [0.15, 0.2) is 30.5 Å². The van der Waals surface area contributed by atoms with Crippen LogP contribution in [-0.4, -0.2) is 12.1 Å². The van der Waals surface area contributed by atoms with Crippen molar-refractivity contribution in [1.29, 1.82) is 5.26 Å². The molecule has 0 N–H and O–H groups in total. The predicted octanol–water partition coefficient (Wildman–Crippen LogP) is 3.63. The Bertz CT molecular complexity index is 660. The van der Waals surface area contributed by atoms with Gasteiger partial charge in [0.15, 0.2) is 11.5 Å². The number of rotatable bonds is 4. The summed E-state index contributed by atoms with van der Waals surface area (Å²) >= 11 is 0. The lowest BCUT2D eigenvalue weighted by Crippen LogP contribution is -1.97. The number of aryl methyl sites for hydroxylation is 2. The van der Waals surface area contributed by atoms with Gasteiger partial charge in [-0.15, -0.1) is 0 Å². The van der Waals surface area contributed by atoms with Gasteiger partial charge in [-0.05, 0) is 42.7 Å². The molecule has 2 rings (SSSR count). The molecule has 2 aromatic rings. The van der Waals surface area contributed by atoms with Gasteiger partial charge < -0.3 is 9.47 Å². The number of aromatic nitrogens is 1. The molecule has 1 aromatic carbocycles. The van der Waals surface area contributed by atoms with Crippen LogP contribution in [0.25, 0.3) is 0 Å². The highest BCUT2D eigenvalue weighted by molar-refractivity contribution is 5.49. The van der Waals surface area contributed by atoms with Gasteiger partial charge in [0, 0.05) is 6.20 Å². The van der Waals surface area contributed by atoms with E-state index >= 15 is 0 Å². The lowest BCUT2D eigenvalue weighted by molar-refractivity contribution is 0.373. The fourth-order valence-electron chi connectivity index (χ4n) is 1.87. The van der Waals surface area contributed by atoms with Crippen molar-refractivity contribution in [3.05, 3.63) is 47.2 Å². The Kier molecular flexibility index (Phi) is 4.21. The topological polar surface area (TPSA) is 55.1 Å². The number of hydrogen-bond donors (Lipinski definition) is 0. The zero-order valence-electron chi connectivity index (χ0n) is 11.8. The van der Waals surface area contributed by atoms with E-state index in [0.717, 1.165) is 17.5 Å². The molecule has 0 saturated carbocycles. The van der Waals surface area contributed by atoms with Gasteiger partial charge in [-0.25, -0.2) is 4.98 Å². The number of benzene rings is 1. The first-order chi connectivity index (χ1) is 9.69. The van der Waals surface area contributed by atoms with Crippen LogP contribution in [-0.2, 0) is 6.42 Å². The van der Waals surface area contributed by atoms with Gasteiger partial charge >= 0.3 is 0 Å². The maximum absolute atomic E-state index is 9.18. The second kappa shape index (κ2) is 6.07. The normalized spacial score (nSPS) is 9.90. The molecule has 0 aliphatic heterocycles. The van der Waals surface area contributed by atoms with Gasteiger partial charge in [-0.2, -0.15) is 5.26 Å². The molecule has 0 unspecified atom stereocenters. The number of methoxy groups -OCH3 is 1. The first-order valence-electron chi connectivity index (χ1n) is 6.40. The van der Waals surface area contributed by atoms with Crippen molar-refractivity contribution in [2.75, 3.05) is 7.11 Å². The van der Waals surface area contributed by atoms with Crippen LogP contribution in [0.2, 0.25) is 0 Å². The highest BCUT2D eigenvalue weighted by Gasteiger charge is 2.12. The summed E-state index contributed by atoms with van der Waals surface area (Å²) in [5.41, 5.74) is 2.43. The van der Waals surface area contributed by atoms with Crippen molar-refractivity contribution >= 4 is 0 Å². The highest BCUT2D eigenvalue weighted by atomic mass is 16.5. The minimum atomic E-state index is 0.301. The van der Waals surface area contributed by atoms with Gasteiger partial charge in [-0.3, -0.25) is 0 Å². The average molecular weight is 268 g/mol. The zero-order chi connectivity index (χ0) is 14.5. The largest absolute Gasteiger partial charge is 0.493 e. The summed E-state index contributed by atoms with van der Waals surface area (Å²) in [4.78, 5) is 4.12. The molecule has 0 amide bonds. The lowest BCUT2D eigenvalue weighted by atomic mass is 10.1.